The minimum Gasteiger partial charge on any atom is -0.462 e. The summed E-state index contributed by atoms with van der Waals surface area (Å²) in [7, 11) is -9.87. The largest absolute Gasteiger partial charge is 0.472 e. The van der Waals surface area contributed by atoms with Crippen LogP contribution in [0.4, 0.5) is 0 Å². The van der Waals surface area contributed by atoms with Crippen molar-refractivity contribution in [3.8, 4) is 0 Å². The van der Waals surface area contributed by atoms with Crippen LogP contribution in [0.2, 0.25) is 0 Å². The lowest BCUT2D eigenvalue weighted by Crippen LogP contribution is -2.30. The third-order valence-corrected chi connectivity index (χ3v) is 16.0. The van der Waals surface area contributed by atoms with Crippen molar-refractivity contribution in [1.29, 1.82) is 0 Å². The predicted octanol–water partition coefficient (Wildman–Crippen LogP) is 16.8. The molecule has 0 aliphatic rings. The molecule has 80 heavy (non-hydrogen) atoms. The van der Waals surface area contributed by atoms with E-state index in [4.69, 9.17) is 37.0 Å². The van der Waals surface area contributed by atoms with E-state index in [1.807, 2.05) is 0 Å². The number of aliphatic hydroxyl groups excluding tert-OH is 1. The zero-order chi connectivity index (χ0) is 59.1. The van der Waals surface area contributed by atoms with Crippen molar-refractivity contribution < 1.29 is 80.2 Å². The normalized spacial score (nSPS) is 14.2. The Morgan fingerprint density at radius 2 is 0.500 bits per heavy atom. The molecule has 3 N–H and O–H groups in total. The molecule has 0 heterocycles. The zero-order valence-electron chi connectivity index (χ0n) is 51.0. The molecule has 0 fully saturated rings. The van der Waals surface area contributed by atoms with Gasteiger partial charge in [0.25, 0.3) is 0 Å². The van der Waals surface area contributed by atoms with Crippen LogP contribution in [0.25, 0.3) is 0 Å². The molecular weight excluding hydrogens is 1070 g/mol. The van der Waals surface area contributed by atoms with E-state index >= 15 is 0 Å². The molecule has 0 aromatic rings. The van der Waals surface area contributed by atoms with Crippen molar-refractivity contribution in [3.05, 3.63) is 0 Å². The number of carbonyl (C=O) groups is 4. The van der Waals surface area contributed by atoms with Gasteiger partial charge in [-0.2, -0.15) is 0 Å². The molecule has 0 aliphatic carbocycles. The number of aliphatic hydroxyl groups is 1. The highest BCUT2D eigenvalue weighted by molar-refractivity contribution is 7.47. The van der Waals surface area contributed by atoms with Gasteiger partial charge in [0, 0.05) is 25.7 Å². The van der Waals surface area contributed by atoms with Crippen LogP contribution in [-0.4, -0.2) is 96.7 Å². The summed E-state index contributed by atoms with van der Waals surface area (Å²) in [4.78, 5) is 72.0. The van der Waals surface area contributed by atoms with Crippen LogP contribution < -0.4 is 0 Å². The summed E-state index contributed by atoms with van der Waals surface area (Å²) in [6.07, 6.45) is 40.2. The van der Waals surface area contributed by atoms with Crippen molar-refractivity contribution >= 4 is 39.5 Å². The predicted molar refractivity (Wildman–Crippen MR) is 317 cm³/mol. The summed E-state index contributed by atoms with van der Waals surface area (Å²) in [6, 6.07) is 0. The van der Waals surface area contributed by atoms with E-state index in [9.17, 15) is 43.2 Å². The van der Waals surface area contributed by atoms with Crippen molar-refractivity contribution in [2.24, 2.45) is 0 Å². The Morgan fingerprint density at radius 3 is 0.738 bits per heavy atom. The van der Waals surface area contributed by atoms with Crippen LogP contribution in [0.5, 0.6) is 0 Å². The fourth-order valence-corrected chi connectivity index (χ4v) is 10.7. The van der Waals surface area contributed by atoms with Crippen LogP contribution in [0.3, 0.4) is 0 Å². The maximum atomic E-state index is 12.9. The summed E-state index contributed by atoms with van der Waals surface area (Å²) in [5.74, 6) is -2.14. The Hall–Kier alpha value is -1.94. The van der Waals surface area contributed by atoms with E-state index < -0.39 is 97.5 Å². The molecular formula is C61H118O17P2. The SMILES string of the molecule is CCCCCCCCCCCCCC(=O)OC[C@H](COP(=O)(O)OC[C@@H](O)COP(=O)(O)OC[C@@H](COC(=O)CCCCCCCCCCC)OC(=O)CCCCCCCCCCC)OC(=O)CCCCCCCCCCCCC. The first-order valence-corrected chi connectivity index (χ1v) is 35.3. The number of phosphoric ester groups is 2. The first kappa shape index (κ1) is 78.1. The Balaban J connectivity index is 5.22. The summed E-state index contributed by atoms with van der Waals surface area (Å²) in [5.41, 5.74) is 0. The van der Waals surface area contributed by atoms with Crippen molar-refractivity contribution in [2.45, 2.75) is 329 Å². The molecule has 474 valence electrons. The third kappa shape index (κ3) is 55.3. The smallest absolute Gasteiger partial charge is 0.462 e. The highest BCUT2D eigenvalue weighted by atomic mass is 31.2. The van der Waals surface area contributed by atoms with Crippen LogP contribution in [-0.2, 0) is 65.4 Å². The van der Waals surface area contributed by atoms with Gasteiger partial charge in [-0.25, -0.2) is 9.13 Å². The lowest BCUT2D eigenvalue weighted by atomic mass is 10.1. The Morgan fingerprint density at radius 1 is 0.300 bits per heavy atom. The fraction of sp³-hybridized carbons (Fsp3) is 0.934. The lowest BCUT2D eigenvalue weighted by molar-refractivity contribution is -0.161. The second kappa shape index (κ2) is 56.2. The van der Waals surface area contributed by atoms with Gasteiger partial charge in [-0.15, -0.1) is 0 Å². The van der Waals surface area contributed by atoms with Crippen LogP contribution in [0.15, 0.2) is 0 Å². The minimum absolute atomic E-state index is 0.106. The standard InChI is InChI=1S/C61H118O17P2/c1-5-9-13-17-21-25-27-31-34-38-42-46-59(64)72-52-57(78-61(66)48-44-40-36-32-28-26-22-18-14-10-6-2)54-76-80(69,70)74-50-55(62)49-73-79(67,68)75-53-56(77-60(65)47-43-39-35-30-24-20-16-12-8-4)51-71-58(63)45-41-37-33-29-23-19-15-11-7-3/h55-57,62H,5-54H2,1-4H3,(H,67,68)(H,69,70)/t55-,56+,57+/m0/s1. The van der Waals surface area contributed by atoms with Gasteiger partial charge in [0.2, 0.25) is 0 Å². The molecule has 2 unspecified atom stereocenters. The second-order valence-corrected chi connectivity index (χ2v) is 25.0. The van der Waals surface area contributed by atoms with E-state index in [0.29, 0.717) is 25.7 Å². The molecule has 0 aromatic carbocycles. The highest BCUT2D eigenvalue weighted by Gasteiger charge is 2.30. The first-order chi connectivity index (χ1) is 38.7. The molecule has 0 amide bonds. The molecule has 0 saturated carbocycles. The van der Waals surface area contributed by atoms with Crippen LogP contribution in [0.1, 0.15) is 310 Å². The van der Waals surface area contributed by atoms with E-state index in [1.54, 1.807) is 0 Å². The molecule has 0 saturated heterocycles. The van der Waals surface area contributed by atoms with Gasteiger partial charge in [-0.3, -0.25) is 37.3 Å². The molecule has 0 radical (unpaired) electrons. The summed E-state index contributed by atoms with van der Waals surface area (Å²) in [5, 5.41) is 10.5. The van der Waals surface area contributed by atoms with Crippen molar-refractivity contribution in [3.63, 3.8) is 0 Å². The van der Waals surface area contributed by atoms with E-state index in [2.05, 4.69) is 27.7 Å². The second-order valence-electron chi connectivity index (χ2n) is 22.1. The van der Waals surface area contributed by atoms with Gasteiger partial charge in [-0.1, -0.05) is 259 Å². The number of carbonyl (C=O) groups excluding carboxylic acids is 4. The van der Waals surface area contributed by atoms with Gasteiger partial charge in [0.05, 0.1) is 26.4 Å². The average Bonchev–Trinajstić information content (AvgIpc) is 3.43. The number of hydrogen-bond donors (Lipinski definition) is 3. The minimum atomic E-state index is -4.94. The number of unbranched alkanes of at least 4 members (excludes halogenated alkanes) is 36. The molecule has 0 aromatic heterocycles. The third-order valence-electron chi connectivity index (χ3n) is 14.1. The molecule has 0 rings (SSSR count). The Kier molecular flexibility index (Phi) is 54.8. The lowest BCUT2D eigenvalue weighted by Gasteiger charge is -2.21. The maximum Gasteiger partial charge on any atom is 0.472 e. The number of ether oxygens (including phenoxy) is 4. The molecule has 0 bridgehead atoms. The van der Waals surface area contributed by atoms with Gasteiger partial charge >= 0.3 is 39.5 Å². The highest BCUT2D eigenvalue weighted by Crippen LogP contribution is 2.45. The summed E-state index contributed by atoms with van der Waals surface area (Å²) in [6.45, 7) is 4.84. The van der Waals surface area contributed by atoms with Crippen LogP contribution in [0, 0.1) is 0 Å². The quantitative estimate of drug-likeness (QED) is 0.0222. The maximum absolute atomic E-state index is 12.9. The molecule has 5 atom stereocenters. The summed E-state index contributed by atoms with van der Waals surface area (Å²) < 4.78 is 67.8. The van der Waals surface area contributed by atoms with Gasteiger partial charge in [0.1, 0.15) is 19.3 Å². The van der Waals surface area contributed by atoms with Gasteiger partial charge < -0.3 is 33.8 Å². The summed E-state index contributed by atoms with van der Waals surface area (Å²) >= 11 is 0. The Bertz CT molecular complexity index is 1550. The van der Waals surface area contributed by atoms with Gasteiger partial charge in [-0.05, 0) is 25.7 Å². The van der Waals surface area contributed by atoms with Crippen molar-refractivity contribution in [1.82, 2.24) is 0 Å². The fourth-order valence-electron chi connectivity index (χ4n) is 9.10. The first-order valence-electron chi connectivity index (χ1n) is 32.3. The Labute approximate surface area is 486 Å². The van der Waals surface area contributed by atoms with E-state index in [1.165, 1.54) is 141 Å². The van der Waals surface area contributed by atoms with E-state index in [-0.39, 0.29) is 25.7 Å². The molecule has 0 aliphatic heterocycles. The number of hydrogen-bond acceptors (Lipinski definition) is 15. The van der Waals surface area contributed by atoms with Gasteiger partial charge in [0.15, 0.2) is 12.2 Å². The number of phosphoric acid groups is 2. The van der Waals surface area contributed by atoms with Crippen LogP contribution >= 0.6 is 15.6 Å². The molecule has 19 heteroatoms. The van der Waals surface area contributed by atoms with Crippen molar-refractivity contribution in [2.75, 3.05) is 39.6 Å². The topological polar surface area (TPSA) is 237 Å². The van der Waals surface area contributed by atoms with E-state index in [0.717, 1.165) is 89.9 Å². The monoisotopic (exact) mass is 1180 g/mol. The molecule has 17 nitrogen and oxygen atoms in total. The number of rotatable bonds is 62. The molecule has 0 spiro atoms. The average molecular weight is 1190 g/mol. The zero-order valence-corrected chi connectivity index (χ0v) is 52.8. The number of esters is 4.